The number of carbonyl (C=O) groups excluding carboxylic acids is 2. The first-order chi connectivity index (χ1) is 18.8. The van der Waals surface area contributed by atoms with E-state index >= 15 is 0 Å². The highest BCUT2D eigenvalue weighted by atomic mass is 16.5. The number of esters is 2. The fraction of sp³-hybridized carbons (Fsp3) is 0.455. The van der Waals surface area contributed by atoms with Crippen LogP contribution in [0.5, 0.6) is 0 Å². The van der Waals surface area contributed by atoms with Crippen LogP contribution < -0.4 is 0 Å². The Bertz CT molecular complexity index is 1090. The van der Waals surface area contributed by atoms with E-state index in [0.29, 0.717) is 25.0 Å². The molecular weight excluding hydrogens is 492 g/mol. The molecule has 0 aromatic heterocycles. The highest BCUT2D eigenvalue weighted by Crippen LogP contribution is 2.26. The first kappa shape index (κ1) is 32.0. The second-order valence-electron chi connectivity index (χ2n) is 10.0. The Hall–Kier alpha value is -3.22. The van der Waals surface area contributed by atoms with Crippen molar-refractivity contribution in [1.29, 1.82) is 0 Å². The van der Waals surface area contributed by atoms with E-state index in [1.54, 1.807) is 7.11 Å². The van der Waals surface area contributed by atoms with Crippen molar-refractivity contribution in [3.05, 3.63) is 83.5 Å². The molecule has 6 nitrogen and oxygen atoms in total. The molecule has 0 amide bonds. The lowest BCUT2D eigenvalue weighted by Gasteiger charge is -2.18. The first-order valence-corrected chi connectivity index (χ1v) is 13.8. The molecule has 0 aliphatic rings. The van der Waals surface area contributed by atoms with Gasteiger partial charge < -0.3 is 19.3 Å². The van der Waals surface area contributed by atoms with Crippen LogP contribution in [0.2, 0.25) is 0 Å². The van der Waals surface area contributed by atoms with Gasteiger partial charge in [0.1, 0.15) is 0 Å². The first-order valence-electron chi connectivity index (χ1n) is 13.8. The zero-order valence-electron chi connectivity index (χ0n) is 23.8. The SMILES string of the molecule is C=C(CO)C(=O)OCC(CCc1ccc(-c2ccc(CCCCC)cc2)c(C)c1)COC(=O)C(=C)CCOC. The van der Waals surface area contributed by atoms with E-state index in [0.717, 1.165) is 18.4 Å². The van der Waals surface area contributed by atoms with Gasteiger partial charge in [-0.15, -0.1) is 0 Å². The highest BCUT2D eigenvalue weighted by Gasteiger charge is 2.18. The van der Waals surface area contributed by atoms with Gasteiger partial charge in [0, 0.05) is 25.0 Å². The fourth-order valence-electron chi connectivity index (χ4n) is 4.20. The van der Waals surface area contributed by atoms with Crippen molar-refractivity contribution >= 4 is 11.9 Å². The minimum absolute atomic E-state index is 0.0149. The van der Waals surface area contributed by atoms with Crippen molar-refractivity contribution < 1.29 is 28.9 Å². The van der Waals surface area contributed by atoms with E-state index in [4.69, 9.17) is 19.3 Å². The average Bonchev–Trinajstić information content (AvgIpc) is 2.95. The summed E-state index contributed by atoms with van der Waals surface area (Å²) >= 11 is 0. The Kier molecular flexibility index (Phi) is 14.3. The number of rotatable bonds is 18. The minimum atomic E-state index is -0.657. The summed E-state index contributed by atoms with van der Waals surface area (Å²) in [5.41, 5.74) is 6.44. The van der Waals surface area contributed by atoms with Crippen molar-refractivity contribution in [1.82, 2.24) is 0 Å². The Labute approximate surface area is 233 Å². The molecule has 39 heavy (non-hydrogen) atoms. The summed E-state index contributed by atoms with van der Waals surface area (Å²) in [5.74, 6) is -1.37. The van der Waals surface area contributed by atoms with E-state index in [1.807, 2.05) is 0 Å². The summed E-state index contributed by atoms with van der Waals surface area (Å²) < 4.78 is 15.8. The molecular formula is C33H44O6. The second kappa shape index (κ2) is 17.4. The molecule has 0 heterocycles. The normalized spacial score (nSPS) is 11.6. The molecule has 1 atom stereocenters. The van der Waals surface area contributed by atoms with Gasteiger partial charge in [0.25, 0.3) is 0 Å². The summed E-state index contributed by atoms with van der Waals surface area (Å²) in [6, 6.07) is 15.3. The Morgan fingerprint density at radius 2 is 1.54 bits per heavy atom. The van der Waals surface area contributed by atoms with Crippen LogP contribution in [0.4, 0.5) is 0 Å². The lowest BCUT2D eigenvalue weighted by Crippen LogP contribution is -2.23. The van der Waals surface area contributed by atoms with Gasteiger partial charge in [0.05, 0.1) is 32.0 Å². The number of hydrogen-bond acceptors (Lipinski definition) is 6. The van der Waals surface area contributed by atoms with E-state index in [-0.39, 0.29) is 24.7 Å². The highest BCUT2D eigenvalue weighted by molar-refractivity contribution is 5.88. The average molecular weight is 537 g/mol. The minimum Gasteiger partial charge on any atom is -0.462 e. The quantitative estimate of drug-likeness (QED) is 0.139. The second-order valence-corrected chi connectivity index (χ2v) is 10.0. The predicted octanol–water partition coefficient (Wildman–Crippen LogP) is 6.17. The van der Waals surface area contributed by atoms with Gasteiger partial charge in [-0.1, -0.05) is 75.4 Å². The largest absolute Gasteiger partial charge is 0.462 e. The Balaban J connectivity index is 2.02. The lowest BCUT2D eigenvalue weighted by atomic mass is 9.94. The Morgan fingerprint density at radius 1 is 0.897 bits per heavy atom. The van der Waals surface area contributed by atoms with Gasteiger partial charge >= 0.3 is 11.9 Å². The number of aliphatic hydroxyl groups is 1. The molecule has 0 saturated heterocycles. The molecule has 0 aliphatic carbocycles. The predicted molar refractivity (Wildman–Crippen MR) is 155 cm³/mol. The molecule has 1 N–H and O–H groups in total. The van der Waals surface area contributed by atoms with E-state index < -0.39 is 18.5 Å². The Morgan fingerprint density at radius 3 is 2.13 bits per heavy atom. The molecule has 0 saturated carbocycles. The number of ether oxygens (including phenoxy) is 3. The number of methoxy groups -OCH3 is 1. The third-order valence-electron chi connectivity index (χ3n) is 6.74. The van der Waals surface area contributed by atoms with Gasteiger partial charge in [-0.2, -0.15) is 0 Å². The number of hydrogen-bond donors (Lipinski definition) is 1. The van der Waals surface area contributed by atoms with Gasteiger partial charge in [0.2, 0.25) is 0 Å². The molecule has 2 rings (SSSR count). The summed E-state index contributed by atoms with van der Waals surface area (Å²) in [7, 11) is 1.56. The lowest BCUT2D eigenvalue weighted by molar-refractivity contribution is -0.144. The third kappa shape index (κ3) is 11.2. The maximum absolute atomic E-state index is 12.3. The van der Waals surface area contributed by atoms with Crippen molar-refractivity contribution in [3.8, 4) is 11.1 Å². The molecule has 0 bridgehead atoms. The third-order valence-corrected chi connectivity index (χ3v) is 6.74. The van der Waals surface area contributed by atoms with Crippen LogP contribution >= 0.6 is 0 Å². The molecule has 1 unspecified atom stereocenters. The van der Waals surface area contributed by atoms with Crippen molar-refractivity contribution in [2.45, 2.75) is 58.8 Å². The standard InChI is InChI=1S/C33H44O6/c1-6-7-8-9-27-12-15-30(16-13-27)31-17-14-28(20-25(31)3)10-11-29(23-39-33(36)26(4)21-34)22-38-32(35)24(2)18-19-37-5/h12-17,20,29,34H,2,4,6-11,18-19,21-23H2,1,3,5H3. The maximum atomic E-state index is 12.3. The summed E-state index contributed by atoms with van der Waals surface area (Å²) in [4.78, 5) is 24.3. The monoisotopic (exact) mass is 536 g/mol. The van der Waals surface area contributed by atoms with E-state index in [1.165, 1.54) is 41.5 Å². The van der Waals surface area contributed by atoms with Crippen LogP contribution in [0.15, 0.2) is 66.8 Å². The van der Waals surface area contributed by atoms with Crippen LogP contribution in [0.25, 0.3) is 11.1 Å². The van der Waals surface area contributed by atoms with E-state index in [2.05, 4.69) is 69.5 Å². The van der Waals surface area contributed by atoms with Crippen molar-refractivity contribution in [3.63, 3.8) is 0 Å². The number of benzene rings is 2. The summed E-state index contributed by atoms with van der Waals surface area (Å²) in [6.07, 6.45) is 6.58. The van der Waals surface area contributed by atoms with Crippen LogP contribution in [0.3, 0.4) is 0 Å². The molecule has 2 aromatic rings. The molecule has 6 heteroatoms. The number of unbranched alkanes of at least 4 members (excludes halogenated alkanes) is 2. The topological polar surface area (TPSA) is 82.1 Å². The van der Waals surface area contributed by atoms with Crippen LogP contribution in [-0.4, -0.2) is 50.6 Å². The van der Waals surface area contributed by atoms with Gasteiger partial charge in [0.15, 0.2) is 0 Å². The zero-order valence-corrected chi connectivity index (χ0v) is 23.8. The van der Waals surface area contributed by atoms with Crippen LogP contribution in [-0.2, 0) is 36.6 Å². The van der Waals surface area contributed by atoms with Gasteiger partial charge in [-0.3, -0.25) is 0 Å². The molecule has 0 aliphatic heterocycles. The number of aryl methyl sites for hydroxylation is 3. The smallest absolute Gasteiger partial charge is 0.335 e. The van der Waals surface area contributed by atoms with Crippen LogP contribution in [0, 0.1) is 12.8 Å². The summed E-state index contributed by atoms with van der Waals surface area (Å²) in [6.45, 7) is 11.7. The number of carbonyl (C=O) groups is 2. The summed E-state index contributed by atoms with van der Waals surface area (Å²) in [5, 5.41) is 9.13. The van der Waals surface area contributed by atoms with Crippen LogP contribution in [0.1, 0.15) is 55.7 Å². The van der Waals surface area contributed by atoms with Crippen molar-refractivity contribution in [2.24, 2.45) is 5.92 Å². The van der Waals surface area contributed by atoms with Crippen molar-refractivity contribution in [2.75, 3.05) is 33.5 Å². The molecule has 0 spiro atoms. The molecule has 0 fully saturated rings. The zero-order chi connectivity index (χ0) is 28.6. The fourth-order valence-corrected chi connectivity index (χ4v) is 4.20. The van der Waals surface area contributed by atoms with Gasteiger partial charge in [-0.05, 0) is 60.4 Å². The number of aliphatic hydroxyl groups excluding tert-OH is 1. The van der Waals surface area contributed by atoms with Gasteiger partial charge in [-0.25, -0.2) is 9.59 Å². The molecule has 2 aromatic carbocycles. The molecule has 0 radical (unpaired) electrons. The molecule has 212 valence electrons. The van der Waals surface area contributed by atoms with E-state index in [9.17, 15) is 9.59 Å². The maximum Gasteiger partial charge on any atom is 0.335 e.